The van der Waals surface area contributed by atoms with Crippen molar-refractivity contribution in [2.24, 2.45) is 11.7 Å². The van der Waals surface area contributed by atoms with Gasteiger partial charge < -0.3 is 11.1 Å². The van der Waals surface area contributed by atoms with Crippen molar-refractivity contribution in [1.29, 1.82) is 0 Å². The fourth-order valence-electron chi connectivity index (χ4n) is 3.87. The van der Waals surface area contributed by atoms with E-state index in [9.17, 15) is 9.18 Å². The minimum absolute atomic E-state index is 0.246. The summed E-state index contributed by atoms with van der Waals surface area (Å²) in [7, 11) is 0. The number of amides is 1. The van der Waals surface area contributed by atoms with E-state index in [1.54, 1.807) is 12.3 Å². The van der Waals surface area contributed by atoms with Crippen LogP contribution >= 0.6 is 0 Å². The Bertz CT molecular complexity index is 806. The second-order valence-corrected chi connectivity index (χ2v) is 7.44. The summed E-state index contributed by atoms with van der Waals surface area (Å²) >= 11 is 0. The first kappa shape index (κ1) is 16.9. The zero-order chi connectivity index (χ0) is 18.1. The maximum absolute atomic E-state index is 14.2. The number of halogens is 1. The number of primary amides is 1. The highest BCUT2D eigenvalue weighted by molar-refractivity contribution is 5.74. The number of hydrogen-bond donors (Lipinski definition) is 2. The average Bonchev–Trinajstić information content (AvgIpc) is 3.34. The third kappa shape index (κ3) is 3.25. The molecule has 2 atom stereocenters. The van der Waals surface area contributed by atoms with E-state index in [1.165, 1.54) is 6.07 Å². The predicted octanol–water partition coefficient (Wildman–Crippen LogP) is 2.52. The van der Waals surface area contributed by atoms with Gasteiger partial charge in [-0.2, -0.15) is 5.10 Å². The molecule has 0 bridgehead atoms. The maximum atomic E-state index is 14.2. The molecule has 2 aliphatic carbocycles. The fourth-order valence-corrected chi connectivity index (χ4v) is 3.87. The number of rotatable bonds is 7. The lowest BCUT2D eigenvalue weighted by Gasteiger charge is -2.41. The summed E-state index contributed by atoms with van der Waals surface area (Å²) in [6.45, 7) is 0.586. The van der Waals surface area contributed by atoms with Crippen molar-refractivity contribution < 1.29 is 9.18 Å². The Morgan fingerprint density at radius 1 is 1.31 bits per heavy atom. The molecular formula is C19H22FN5O. The number of anilines is 1. The number of carbonyl (C=O) groups is 1. The molecule has 7 heteroatoms. The zero-order valence-corrected chi connectivity index (χ0v) is 14.5. The third-order valence-electron chi connectivity index (χ3n) is 5.63. The van der Waals surface area contributed by atoms with E-state index in [0.717, 1.165) is 31.4 Å². The minimum Gasteiger partial charge on any atom is -0.370 e. The summed E-state index contributed by atoms with van der Waals surface area (Å²) < 4.78 is 14.2. The topological polar surface area (TPSA) is 93.8 Å². The van der Waals surface area contributed by atoms with E-state index in [0.29, 0.717) is 30.4 Å². The van der Waals surface area contributed by atoms with E-state index in [1.807, 2.05) is 12.1 Å². The van der Waals surface area contributed by atoms with Gasteiger partial charge in [0, 0.05) is 30.5 Å². The van der Waals surface area contributed by atoms with E-state index in [4.69, 9.17) is 5.73 Å². The van der Waals surface area contributed by atoms with Gasteiger partial charge in [0.15, 0.2) is 0 Å². The summed E-state index contributed by atoms with van der Waals surface area (Å²) in [5, 5.41) is 11.8. The van der Waals surface area contributed by atoms with Crippen molar-refractivity contribution in [3.05, 3.63) is 47.7 Å². The monoisotopic (exact) mass is 355 g/mol. The highest BCUT2D eigenvalue weighted by Crippen LogP contribution is 2.48. The number of nitrogens with one attached hydrogen (secondary N) is 1. The second-order valence-electron chi connectivity index (χ2n) is 7.44. The summed E-state index contributed by atoms with van der Waals surface area (Å²) in [5.74, 6) is 0.736. The highest BCUT2D eigenvalue weighted by Gasteiger charge is 2.42. The largest absolute Gasteiger partial charge is 0.370 e. The standard InChI is InChI=1S/C19H22FN5O/c20-14-3-1-8-22-18(14)19(6-2-7-19)11-23-17-5-4-15(24-25-17)13-9-12(13)10-16(21)26/h1,3-5,8,12-13H,2,6-7,9-11H2,(H2,21,26)(H,23,25)/t12-,13+/m1/s1. The molecule has 0 spiro atoms. The molecule has 2 heterocycles. The van der Waals surface area contributed by atoms with Crippen molar-refractivity contribution in [1.82, 2.24) is 15.2 Å². The second kappa shape index (κ2) is 6.63. The maximum Gasteiger partial charge on any atom is 0.217 e. The molecule has 6 nitrogen and oxygen atoms in total. The van der Waals surface area contributed by atoms with Gasteiger partial charge in [-0.05, 0) is 49.4 Å². The molecule has 0 aliphatic heterocycles. The Hall–Kier alpha value is -2.57. The van der Waals surface area contributed by atoms with Crippen LogP contribution in [0.25, 0.3) is 0 Å². The van der Waals surface area contributed by atoms with Crippen LogP contribution in [0.3, 0.4) is 0 Å². The van der Waals surface area contributed by atoms with Crippen LogP contribution in [-0.4, -0.2) is 27.6 Å². The van der Waals surface area contributed by atoms with Crippen molar-refractivity contribution in [2.45, 2.75) is 43.4 Å². The van der Waals surface area contributed by atoms with Crippen LogP contribution in [0.15, 0.2) is 30.5 Å². The molecule has 3 N–H and O–H groups in total. The van der Waals surface area contributed by atoms with Crippen LogP contribution in [-0.2, 0) is 10.2 Å². The Morgan fingerprint density at radius 3 is 2.77 bits per heavy atom. The van der Waals surface area contributed by atoms with E-state index < -0.39 is 0 Å². The van der Waals surface area contributed by atoms with Gasteiger partial charge in [-0.15, -0.1) is 5.10 Å². The summed E-state index contributed by atoms with van der Waals surface area (Å²) in [4.78, 5) is 15.3. The number of carbonyl (C=O) groups excluding carboxylic acids is 1. The molecule has 0 saturated heterocycles. The average molecular weight is 355 g/mol. The van der Waals surface area contributed by atoms with Gasteiger partial charge >= 0.3 is 0 Å². The molecule has 0 aromatic carbocycles. The molecule has 26 heavy (non-hydrogen) atoms. The van der Waals surface area contributed by atoms with E-state index in [2.05, 4.69) is 20.5 Å². The molecule has 2 saturated carbocycles. The van der Waals surface area contributed by atoms with Crippen LogP contribution in [0.2, 0.25) is 0 Å². The molecule has 1 amide bonds. The van der Waals surface area contributed by atoms with Crippen molar-refractivity contribution in [3.8, 4) is 0 Å². The molecular weight excluding hydrogens is 333 g/mol. The van der Waals surface area contributed by atoms with Crippen LogP contribution in [0, 0.1) is 11.7 Å². The van der Waals surface area contributed by atoms with Gasteiger partial charge in [0.25, 0.3) is 0 Å². The number of hydrogen-bond acceptors (Lipinski definition) is 5. The summed E-state index contributed by atoms with van der Waals surface area (Å²) in [6, 6.07) is 6.92. The predicted molar refractivity (Wildman–Crippen MR) is 94.9 cm³/mol. The number of nitrogens with two attached hydrogens (primary N) is 1. The van der Waals surface area contributed by atoms with Gasteiger partial charge in [-0.25, -0.2) is 4.39 Å². The quantitative estimate of drug-likeness (QED) is 0.796. The number of nitrogens with zero attached hydrogens (tertiary/aromatic N) is 3. The first-order valence-corrected chi connectivity index (χ1v) is 9.04. The minimum atomic E-state index is -0.269. The van der Waals surface area contributed by atoms with Crippen molar-refractivity contribution in [3.63, 3.8) is 0 Å². The molecule has 2 aliphatic rings. The van der Waals surface area contributed by atoms with Crippen LogP contribution in [0.1, 0.15) is 49.4 Å². The Labute approximate surface area is 151 Å². The smallest absolute Gasteiger partial charge is 0.217 e. The van der Waals surface area contributed by atoms with Gasteiger partial charge in [0.1, 0.15) is 11.6 Å². The fraction of sp³-hybridized carbons (Fsp3) is 0.474. The van der Waals surface area contributed by atoms with E-state index >= 15 is 0 Å². The molecule has 2 aromatic heterocycles. The summed E-state index contributed by atoms with van der Waals surface area (Å²) in [5.41, 5.74) is 6.41. The Morgan fingerprint density at radius 2 is 2.15 bits per heavy atom. The third-order valence-corrected chi connectivity index (χ3v) is 5.63. The molecule has 2 fully saturated rings. The Balaban J connectivity index is 1.39. The number of pyridine rings is 1. The molecule has 2 aromatic rings. The zero-order valence-electron chi connectivity index (χ0n) is 14.5. The van der Waals surface area contributed by atoms with Crippen LogP contribution in [0.5, 0.6) is 0 Å². The number of aromatic nitrogens is 3. The highest BCUT2D eigenvalue weighted by atomic mass is 19.1. The lowest BCUT2D eigenvalue weighted by Crippen LogP contribution is -2.42. The molecule has 4 rings (SSSR count). The molecule has 0 radical (unpaired) electrons. The Kier molecular flexibility index (Phi) is 4.30. The normalized spacial score (nSPS) is 23.1. The van der Waals surface area contributed by atoms with Gasteiger partial charge in [-0.1, -0.05) is 6.42 Å². The van der Waals surface area contributed by atoms with E-state index in [-0.39, 0.29) is 23.1 Å². The van der Waals surface area contributed by atoms with Crippen molar-refractivity contribution >= 4 is 11.7 Å². The lowest BCUT2D eigenvalue weighted by atomic mass is 9.66. The molecule has 0 unspecified atom stereocenters. The van der Waals surface area contributed by atoms with Gasteiger partial charge in [-0.3, -0.25) is 9.78 Å². The van der Waals surface area contributed by atoms with Gasteiger partial charge in [0.05, 0.1) is 11.4 Å². The molecule has 136 valence electrons. The SMILES string of the molecule is NC(=O)C[C@H]1C[C@@H]1c1ccc(NCC2(c3ncccc3F)CCC2)nn1. The lowest BCUT2D eigenvalue weighted by molar-refractivity contribution is -0.118. The van der Waals surface area contributed by atoms with Crippen LogP contribution < -0.4 is 11.1 Å². The van der Waals surface area contributed by atoms with Crippen molar-refractivity contribution in [2.75, 3.05) is 11.9 Å². The van der Waals surface area contributed by atoms with Gasteiger partial charge in [0.2, 0.25) is 5.91 Å². The first-order valence-electron chi connectivity index (χ1n) is 9.04. The van der Waals surface area contributed by atoms with Crippen LogP contribution in [0.4, 0.5) is 10.2 Å². The summed E-state index contributed by atoms with van der Waals surface area (Å²) in [6.07, 6.45) is 5.89. The first-order chi connectivity index (χ1) is 12.6.